The third-order valence-corrected chi connectivity index (χ3v) is 11.0. The van der Waals surface area contributed by atoms with E-state index in [1.807, 2.05) is 54.6 Å². The summed E-state index contributed by atoms with van der Waals surface area (Å²) in [5, 5.41) is 14.7. The number of alkyl halides is 1. The van der Waals surface area contributed by atoms with Crippen LogP contribution in [-0.2, 0) is 61.1 Å². The number of benzodiazepines with no additional fused rings is 1. The molecule has 350 valence electrons. The second kappa shape index (κ2) is 27.1. The molecule has 3 amide bonds. The van der Waals surface area contributed by atoms with Crippen molar-refractivity contribution in [2.24, 2.45) is 4.99 Å². The van der Waals surface area contributed by atoms with E-state index in [1.54, 1.807) is 41.1 Å². The Labute approximate surface area is 395 Å². The lowest BCUT2D eigenvalue weighted by molar-refractivity contribution is -0.122. The molecule has 0 bridgehead atoms. The van der Waals surface area contributed by atoms with Gasteiger partial charge in [0.05, 0.1) is 84.1 Å². The largest absolute Gasteiger partial charge is 0.496 e. The average Bonchev–Trinajstić information content (AvgIpc) is 3.75. The molecule has 0 unspecified atom stereocenters. The lowest BCUT2D eigenvalue weighted by atomic mass is 10.0. The van der Waals surface area contributed by atoms with E-state index in [4.69, 9.17) is 46.9 Å². The normalized spacial score (nSPS) is 12.4. The molecule has 0 spiro atoms. The first-order chi connectivity index (χ1) is 32.3. The van der Waals surface area contributed by atoms with E-state index in [-0.39, 0.29) is 50.5 Å². The van der Waals surface area contributed by atoms with E-state index in [1.165, 1.54) is 5.56 Å². The molecule has 17 heteroatoms. The van der Waals surface area contributed by atoms with Crippen molar-refractivity contribution in [3.63, 3.8) is 0 Å². The maximum Gasteiger partial charge on any atom is 0.251 e. The highest BCUT2D eigenvalue weighted by Gasteiger charge is 2.25. The highest BCUT2D eigenvalue weighted by Crippen LogP contribution is 2.30. The lowest BCUT2D eigenvalue weighted by Crippen LogP contribution is -2.35. The summed E-state index contributed by atoms with van der Waals surface area (Å²) in [6.45, 7) is 4.35. The van der Waals surface area contributed by atoms with Crippen LogP contribution in [0, 0.1) is 0 Å². The van der Waals surface area contributed by atoms with Gasteiger partial charge in [-0.25, -0.2) is 4.68 Å². The zero-order valence-electron chi connectivity index (χ0n) is 37.2. The fourth-order valence-electron chi connectivity index (χ4n) is 7.07. The first-order valence-electron chi connectivity index (χ1n) is 22.1. The summed E-state index contributed by atoms with van der Waals surface area (Å²) in [6, 6.07) is 28.5. The van der Waals surface area contributed by atoms with Gasteiger partial charge in [-0.15, -0.1) is 16.7 Å². The SMILES string of the molecule is COc1cc(CCCCl)ccc1CCOCCNC(=O)c1ccc(CNC(=O)CCOCCOCCn2cc(COCCN3C(=O)CN=C(c4ccccc4)c4cc(Cl)ccc43)nn2)cc1. The number of carbonyl (C=O) groups is 3. The molecule has 6 rings (SSSR count). The smallest absolute Gasteiger partial charge is 0.251 e. The number of aliphatic imine (C=N–C) groups is 1. The molecule has 4 aromatic carbocycles. The van der Waals surface area contributed by atoms with Crippen LogP contribution in [0.5, 0.6) is 5.75 Å². The second-order valence-corrected chi connectivity index (χ2v) is 16.1. The van der Waals surface area contributed by atoms with Gasteiger partial charge in [0.2, 0.25) is 11.8 Å². The number of rotatable bonds is 28. The van der Waals surface area contributed by atoms with Gasteiger partial charge in [-0.1, -0.05) is 71.4 Å². The van der Waals surface area contributed by atoms with E-state index in [2.05, 4.69) is 44.1 Å². The predicted octanol–water partition coefficient (Wildman–Crippen LogP) is 6.24. The Morgan fingerprint density at radius 3 is 2.36 bits per heavy atom. The van der Waals surface area contributed by atoms with Crippen molar-refractivity contribution in [1.82, 2.24) is 25.6 Å². The number of aromatic nitrogens is 3. The molecular weight excluding hydrogens is 885 g/mol. The van der Waals surface area contributed by atoms with Crippen LogP contribution in [0.25, 0.3) is 0 Å². The molecular formula is C49H57Cl2N7O8. The van der Waals surface area contributed by atoms with Gasteiger partial charge in [-0.05, 0) is 72.4 Å². The number of hydrogen-bond donors (Lipinski definition) is 2. The number of anilines is 1. The Hall–Kier alpha value is -5.68. The van der Waals surface area contributed by atoms with E-state index in [0.717, 1.165) is 52.2 Å². The number of amides is 3. The van der Waals surface area contributed by atoms with Crippen molar-refractivity contribution in [1.29, 1.82) is 0 Å². The molecule has 0 saturated heterocycles. The van der Waals surface area contributed by atoms with Gasteiger partial charge >= 0.3 is 0 Å². The summed E-state index contributed by atoms with van der Waals surface area (Å²) < 4.78 is 30.1. The van der Waals surface area contributed by atoms with Gasteiger partial charge in [0, 0.05) is 53.6 Å². The first kappa shape index (κ1) is 49.7. The standard InChI is InChI=1S/C49H57Cl2N7O8/c1-62-45-30-36(6-5-19-50)9-12-38(45)17-23-63-25-20-52-49(61)40-13-10-37(11-14-40)32-53-46(59)18-24-64-28-29-65-26-21-57-34-42(55-56-57)35-66-27-22-58-44-16-15-41(51)31-43(44)48(54-33-47(58)60)39-7-3-2-4-8-39/h2-4,7-16,30-31,34H,5-6,17-29,32-33,35H2,1H3,(H,52,61)(H,53,59). The molecule has 0 fully saturated rings. The van der Waals surface area contributed by atoms with Crippen LogP contribution in [0.15, 0.2) is 102 Å². The van der Waals surface area contributed by atoms with E-state index < -0.39 is 0 Å². The average molecular weight is 943 g/mol. The molecule has 5 aromatic rings. The number of ether oxygens (including phenoxy) is 5. The summed E-state index contributed by atoms with van der Waals surface area (Å²) in [5.74, 6) is 1.02. The maximum atomic E-state index is 13.2. The molecule has 0 atom stereocenters. The molecule has 1 aliphatic rings. The van der Waals surface area contributed by atoms with Crippen LogP contribution >= 0.6 is 23.2 Å². The zero-order chi connectivity index (χ0) is 46.4. The van der Waals surface area contributed by atoms with Gasteiger partial charge < -0.3 is 39.2 Å². The fraction of sp³-hybridized carbons (Fsp3) is 0.388. The Kier molecular flexibility index (Phi) is 20.4. The molecule has 0 saturated carbocycles. The van der Waals surface area contributed by atoms with Crippen LogP contribution < -0.4 is 20.3 Å². The highest BCUT2D eigenvalue weighted by molar-refractivity contribution is 6.32. The van der Waals surface area contributed by atoms with Crippen molar-refractivity contribution in [3.8, 4) is 5.75 Å². The van der Waals surface area contributed by atoms with Crippen molar-refractivity contribution >= 4 is 52.3 Å². The number of methoxy groups -OCH3 is 1. The monoisotopic (exact) mass is 941 g/mol. The third-order valence-electron chi connectivity index (χ3n) is 10.5. The van der Waals surface area contributed by atoms with Gasteiger partial charge in [-0.3, -0.25) is 19.4 Å². The van der Waals surface area contributed by atoms with Gasteiger partial charge in [-0.2, -0.15) is 0 Å². The fourth-order valence-corrected chi connectivity index (χ4v) is 7.38. The molecule has 2 heterocycles. The molecule has 2 N–H and O–H groups in total. The minimum atomic E-state index is -0.192. The summed E-state index contributed by atoms with van der Waals surface area (Å²) in [6.07, 6.45) is 4.55. The number of benzene rings is 4. The topological polar surface area (TPSA) is 168 Å². The highest BCUT2D eigenvalue weighted by atomic mass is 35.5. The van der Waals surface area contributed by atoms with Crippen LogP contribution in [0.4, 0.5) is 5.69 Å². The number of nitrogens with one attached hydrogen (secondary N) is 2. The summed E-state index contributed by atoms with van der Waals surface area (Å²) >= 11 is 12.2. The summed E-state index contributed by atoms with van der Waals surface area (Å²) in [4.78, 5) is 44.5. The number of aryl methyl sites for hydroxylation is 1. The Balaban J connectivity index is 0.769. The first-order valence-corrected chi connectivity index (χ1v) is 23.0. The van der Waals surface area contributed by atoms with E-state index in [0.29, 0.717) is 87.8 Å². The zero-order valence-corrected chi connectivity index (χ0v) is 38.7. The van der Waals surface area contributed by atoms with E-state index >= 15 is 0 Å². The summed E-state index contributed by atoms with van der Waals surface area (Å²) in [5.41, 5.74) is 7.50. The Morgan fingerprint density at radius 1 is 0.788 bits per heavy atom. The predicted molar refractivity (Wildman–Crippen MR) is 254 cm³/mol. The number of halogens is 2. The van der Waals surface area contributed by atoms with Crippen molar-refractivity contribution in [3.05, 3.63) is 141 Å². The molecule has 0 aliphatic carbocycles. The minimum absolute atomic E-state index is 0.0170. The lowest BCUT2D eigenvalue weighted by Gasteiger charge is -2.23. The van der Waals surface area contributed by atoms with Gasteiger partial charge in [0.15, 0.2) is 0 Å². The number of nitrogens with zero attached hydrogens (tertiary/aromatic N) is 5. The number of fused-ring (bicyclic) bond motifs is 1. The van der Waals surface area contributed by atoms with Crippen molar-refractivity contribution in [2.75, 3.05) is 83.8 Å². The second-order valence-electron chi connectivity index (χ2n) is 15.3. The molecule has 1 aromatic heterocycles. The molecule has 15 nitrogen and oxygen atoms in total. The molecule has 66 heavy (non-hydrogen) atoms. The molecule has 0 radical (unpaired) electrons. The van der Waals surface area contributed by atoms with Gasteiger partial charge in [0.1, 0.15) is 18.0 Å². The third kappa shape index (κ3) is 15.7. The minimum Gasteiger partial charge on any atom is -0.496 e. The number of hydrogen-bond acceptors (Lipinski definition) is 11. The van der Waals surface area contributed by atoms with Crippen molar-refractivity contribution in [2.45, 2.75) is 45.4 Å². The van der Waals surface area contributed by atoms with Crippen LogP contribution in [0.1, 0.15) is 56.7 Å². The Morgan fingerprint density at radius 2 is 1.56 bits per heavy atom. The maximum absolute atomic E-state index is 13.2. The van der Waals surface area contributed by atoms with Crippen molar-refractivity contribution < 1.29 is 38.1 Å². The van der Waals surface area contributed by atoms with Crippen LogP contribution in [-0.4, -0.2) is 117 Å². The molecule has 1 aliphatic heterocycles. The van der Waals surface area contributed by atoms with Crippen LogP contribution in [0.3, 0.4) is 0 Å². The van der Waals surface area contributed by atoms with E-state index in [9.17, 15) is 14.4 Å². The van der Waals surface area contributed by atoms with Crippen LogP contribution in [0.2, 0.25) is 5.02 Å². The summed E-state index contributed by atoms with van der Waals surface area (Å²) in [7, 11) is 1.67. The van der Waals surface area contributed by atoms with Gasteiger partial charge in [0.25, 0.3) is 5.91 Å². The quantitative estimate of drug-likeness (QED) is 0.0433. The number of carbonyl (C=O) groups excluding carboxylic acids is 3. The Bertz CT molecular complexity index is 2350.